The molecule has 0 aliphatic carbocycles. The summed E-state index contributed by atoms with van der Waals surface area (Å²) in [6, 6.07) is 15.5. The lowest BCUT2D eigenvalue weighted by atomic mass is 10.0. The van der Waals surface area contributed by atoms with Crippen LogP contribution in [0.2, 0.25) is 0 Å². The van der Waals surface area contributed by atoms with E-state index in [9.17, 15) is 4.79 Å². The largest absolute Gasteiger partial charge is 0.454 e. The van der Waals surface area contributed by atoms with Crippen LogP contribution < -0.4 is 9.47 Å². The minimum atomic E-state index is -0.338. The lowest BCUT2D eigenvalue weighted by Gasteiger charge is -2.34. The molecule has 0 saturated carbocycles. The standard InChI is InChI=1S/C21H24N2O4/c1-22(14-16-7-8-18-19(13-16)27-15-26-18)20(17-5-3-2-4-6-17)21(24)23-9-11-25-12-10-23/h2-8,13,20H,9-12,14-15H2,1H3/t20-/m0/s1. The third-order valence-electron chi connectivity index (χ3n) is 4.98. The van der Waals surface area contributed by atoms with Gasteiger partial charge in [0.1, 0.15) is 6.04 Å². The molecule has 2 aromatic rings. The van der Waals surface area contributed by atoms with Crippen LogP contribution in [0.3, 0.4) is 0 Å². The van der Waals surface area contributed by atoms with E-state index in [0.717, 1.165) is 22.6 Å². The number of nitrogens with zero attached hydrogens (tertiary/aromatic N) is 2. The molecule has 142 valence electrons. The molecule has 1 atom stereocenters. The first-order chi connectivity index (χ1) is 13.2. The number of carbonyl (C=O) groups is 1. The Kier molecular flexibility index (Phi) is 5.27. The number of ether oxygens (including phenoxy) is 3. The Balaban J connectivity index is 1.56. The third-order valence-corrected chi connectivity index (χ3v) is 4.98. The quantitative estimate of drug-likeness (QED) is 0.811. The molecule has 0 N–H and O–H groups in total. The lowest BCUT2D eigenvalue weighted by Crippen LogP contribution is -2.46. The maximum absolute atomic E-state index is 13.3. The Morgan fingerprint density at radius 2 is 1.81 bits per heavy atom. The summed E-state index contributed by atoms with van der Waals surface area (Å²) in [6.07, 6.45) is 0. The van der Waals surface area contributed by atoms with Gasteiger partial charge in [0.2, 0.25) is 12.7 Å². The molecule has 0 radical (unpaired) electrons. The van der Waals surface area contributed by atoms with Crippen molar-refractivity contribution in [3.63, 3.8) is 0 Å². The highest BCUT2D eigenvalue weighted by atomic mass is 16.7. The fourth-order valence-electron chi connectivity index (χ4n) is 3.60. The molecular formula is C21H24N2O4. The first-order valence-corrected chi connectivity index (χ1v) is 9.22. The van der Waals surface area contributed by atoms with Crippen LogP contribution in [0.5, 0.6) is 11.5 Å². The van der Waals surface area contributed by atoms with E-state index in [1.807, 2.05) is 60.5 Å². The van der Waals surface area contributed by atoms with Crippen molar-refractivity contribution in [3.8, 4) is 11.5 Å². The smallest absolute Gasteiger partial charge is 0.244 e. The fraction of sp³-hybridized carbons (Fsp3) is 0.381. The van der Waals surface area contributed by atoms with Gasteiger partial charge in [-0.3, -0.25) is 9.69 Å². The SMILES string of the molecule is CN(Cc1ccc2c(c1)OCO2)[C@H](C(=O)N1CCOCC1)c1ccccc1. The van der Waals surface area contributed by atoms with E-state index >= 15 is 0 Å². The minimum Gasteiger partial charge on any atom is -0.454 e. The van der Waals surface area contributed by atoms with Crippen LogP contribution >= 0.6 is 0 Å². The fourth-order valence-corrected chi connectivity index (χ4v) is 3.60. The number of rotatable bonds is 5. The van der Waals surface area contributed by atoms with Crippen LogP contribution in [0.25, 0.3) is 0 Å². The van der Waals surface area contributed by atoms with Gasteiger partial charge in [0, 0.05) is 19.6 Å². The Hall–Kier alpha value is -2.57. The van der Waals surface area contributed by atoms with Crippen molar-refractivity contribution in [1.82, 2.24) is 9.80 Å². The molecular weight excluding hydrogens is 344 g/mol. The summed E-state index contributed by atoms with van der Waals surface area (Å²) >= 11 is 0. The molecule has 1 saturated heterocycles. The van der Waals surface area contributed by atoms with Crippen molar-refractivity contribution >= 4 is 5.91 Å². The molecule has 0 bridgehead atoms. The number of carbonyl (C=O) groups excluding carboxylic acids is 1. The van der Waals surface area contributed by atoms with E-state index in [2.05, 4.69) is 4.90 Å². The normalized spacial score (nSPS) is 17.2. The Morgan fingerprint density at radius 1 is 1.07 bits per heavy atom. The van der Waals surface area contributed by atoms with Gasteiger partial charge >= 0.3 is 0 Å². The molecule has 6 nitrogen and oxygen atoms in total. The molecule has 4 rings (SSSR count). The zero-order chi connectivity index (χ0) is 18.6. The van der Waals surface area contributed by atoms with E-state index in [4.69, 9.17) is 14.2 Å². The Bertz CT molecular complexity index is 790. The molecule has 0 spiro atoms. The highest BCUT2D eigenvalue weighted by Gasteiger charge is 2.30. The predicted molar refractivity (Wildman–Crippen MR) is 101 cm³/mol. The van der Waals surface area contributed by atoms with Crippen molar-refractivity contribution in [2.24, 2.45) is 0 Å². The van der Waals surface area contributed by atoms with Gasteiger partial charge in [-0.2, -0.15) is 0 Å². The molecule has 0 aromatic heterocycles. The monoisotopic (exact) mass is 368 g/mol. The summed E-state index contributed by atoms with van der Waals surface area (Å²) in [5.74, 6) is 1.65. The number of benzene rings is 2. The average Bonchev–Trinajstić information content (AvgIpc) is 3.17. The van der Waals surface area contributed by atoms with E-state index in [0.29, 0.717) is 32.8 Å². The Labute approximate surface area is 159 Å². The van der Waals surface area contributed by atoms with Gasteiger partial charge in [-0.25, -0.2) is 0 Å². The molecule has 2 heterocycles. The number of hydrogen-bond acceptors (Lipinski definition) is 5. The number of fused-ring (bicyclic) bond motifs is 1. The second kappa shape index (κ2) is 7.98. The summed E-state index contributed by atoms with van der Waals surface area (Å²) in [5, 5.41) is 0. The van der Waals surface area contributed by atoms with Crippen LogP contribution in [-0.4, -0.2) is 55.9 Å². The zero-order valence-corrected chi connectivity index (χ0v) is 15.5. The van der Waals surface area contributed by atoms with Crippen LogP contribution in [0.15, 0.2) is 48.5 Å². The lowest BCUT2D eigenvalue weighted by molar-refractivity contribution is -0.141. The number of amides is 1. The highest BCUT2D eigenvalue weighted by Crippen LogP contribution is 2.33. The van der Waals surface area contributed by atoms with Crippen LogP contribution in [0, 0.1) is 0 Å². The first-order valence-electron chi connectivity index (χ1n) is 9.22. The van der Waals surface area contributed by atoms with Gasteiger partial charge in [-0.15, -0.1) is 0 Å². The van der Waals surface area contributed by atoms with Gasteiger partial charge < -0.3 is 19.1 Å². The molecule has 27 heavy (non-hydrogen) atoms. The van der Waals surface area contributed by atoms with Gasteiger partial charge in [-0.1, -0.05) is 36.4 Å². The third kappa shape index (κ3) is 3.91. The zero-order valence-electron chi connectivity index (χ0n) is 15.5. The second-order valence-electron chi connectivity index (χ2n) is 6.85. The van der Waals surface area contributed by atoms with Crippen molar-refractivity contribution < 1.29 is 19.0 Å². The van der Waals surface area contributed by atoms with Crippen molar-refractivity contribution in [1.29, 1.82) is 0 Å². The van der Waals surface area contributed by atoms with Crippen LogP contribution in [0.1, 0.15) is 17.2 Å². The summed E-state index contributed by atoms with van der Waals surface area (Å²) in [4.78, 5) is 17.3. The number of likely N-dealkylation sites (N-methyl/N-ethyl adjacent to an activating group) is 1. The average molecular weight is 368 g/mol. The predicted octanol–water partition coefficient (Wildman–Crippen LogP) is 2.45. The van der Waals surface area contributed by atoms with Crippen molar-refractivity contribution in [3.05, 3.63) is 59.7 Å². The van der Waals surface area contributed by atoms with Crippen molar-refractivity contribution in [2.45, 2.75) is 12.6 Å². The topological polar surface area (TPSA) is 51.2 Å². The van der Waals surface area contributed by atoms with Crippen LogP contribution in [-0.2, 0) is 16.1 Å². The van der Waals surface area contributed by atoms with Crippen LogP contribution in [0.4, 0.5) is 0 Å². The van der Waals surface area contributed by atoms with Gasteiger partial charge in [0.15, 0.2) is 11.5 Å². The van der Waals surface area contributed by atoms with E-state index in [1.165, 1.54) is 0 Å². The molecule has 2 aliphatic rings. The second-order valence-corrected chi connectivity index (χ2v) is 6.85. The van der Waals surface area contributed by atoms with Gasteiger partial charge in [0.25, 0.3) is 0 Å². The number of morpholine rings is 1. The maximum atomic E-state index is 13.3. The number of hydrogen-bond donors (Lipinski definition) is 0. The molecule has 2 aromatic carbocycles. The van der Waals surface area contributed by atoms with Gasteiger partial charge in [0.05, 0.1) is 13.2 Å². The van der Waals surface area contributed by atoms with Crippen molar-refractivity contribution in [2.75, 3.05) is 40.1 Å². The Morgan fingerprint density at radius 3 is 2.59 bits per heavy atom. The molecule has 6 heteroatoms. The molecule has 1 fully saturated rings. The maximum Gasteiger partial charge on any atom is 0.244 e. The summed E-state index contributed by atoms with van der Waals surface area (Å²) in [5.41, 5.74) is 2.08. The van der Waals surface area contributed by atoms with Gasteiger partial charge in [-0.05, 0) is 30.3 Å². The highest BCUT2D eigenvalue weighted by molar-refractivity contribution is 5.83. The summed E-state index contributed by atoms with van der Waals surface area (Å²) < 4.78 is 16.3. The van der Waals surface area contributed by atoms with E-state index in [-0.39, 0.29) is 18.7 Å². The first kappa shape index (κ1) is 17.8. The molecule has 1 amide bonds. The summed E-state index contributed by atoms with van der Waals surface area (Å²) in [7, 11) is 1.99. The minimum absolute atomic E-state index is 0.118. The molecule has 2 aliphatic heterocycles. The molecule has 0 unspecified atom stereocenters. The summed E-state index contributed by atoms with van der Waals surface area (Å²) in [6.45, 7) is 3.36. The van der Waals surface area contributed by atoms with E-state index in [1.54, 1.807) is 0 Å². The van der Waals surface area contributed by atoms with E-state index < -0.39 is 0 Å².